The van der Waals surface area contributed by atoms with Crippen molar-refractivity contribution in [3.8, 4) is 11.5 Å². The molecule has 0 saturated heterocycles. The molecule has 132 valence electrons. The van der Waals surface area contributed by atoms with E-state index in [4.69, 9.17) is 14.2 Å². The Morgan fingerprint density at radius 2 is 1.48 bits per heavy atom. The number of methoxy groups -OCH3 is 3. The molecule has 0 radical (unpaired) electrons. The topological polar surface area (TPSA) is 27.7 Å². The van der Waals surface area contributed by atoms with Crippen LogP contribution in [0, 0.1) is 0 Å². The smallest absolute Gasteiger partial charge is 0.170 e. The zero-order valence-corrected chi connectivity index (χ0v) is 16.0. The van der Waals surface area contributed by atoms with Crippen molar-refractivity contribution in [2.45, 2.75) is 16.7 Å². The fraction of sp³-hybridized carbons (Fsp3) is 0.238. The quantitative estimate of drug-likeness (QED) is 0.499. The highest BCUT2D eigenvalue weighted by Gasteiger charge is 2.30. The van der Waals surface area contributed by atoms with Crippen LogP contribution in [-0.4, -0.2) is 27.9 Å². The number of hydrogen-bond acceptors (Lipinski definition) is 3. The van der Waals surface area contributed by atoms with Gasteiger partial charge in [0.25, 0.3) is 0 Å². The zero-order valence-electron chi connectivity index (χ0n) is 15.2. The van der Waals surface area contributed by atoms with E-state index in [-0.39, 0.29) is 10.9 Å². The first kappa shape index (κ1) is 19.2. The van der Waals surface area contributed by atoms with Gasteiger partial charge in [0.2, 0.25) is 0 Å². The number of rotatable bonds is 8. The molecule has 0 aliphatic carbocycles. The van der Waals surface area contributed by atoms with Crippen LogP contribution in [0.5, 0.6) is 11.5 Å². The van der Waals surface area contributed by atoms with E-state index in [1.165, 1.54) is 14.7 Å². The number of ether oxygens (including phenoxy) is 3. The first-order valence-corrected chi connectivity index (χ1v) is 9.30. The van der Waals surface area contributed by atoms with Gasteiger partial charge in [-0.3, -0.25) is 0 Å². The normalized spacial score (nSPS) is 12.0. The van der Waals surface area contributed by atoms with E-state index in [1.54, 1.807) is 21.3 Å². The largest absolute Gasteiger partial charge is 0.497 e. The summed E-state index contributed by atoms with van der Waals surface area (Å²) in [5, 5.41) is 0. The van der Waals surface area contributed by atoms with Gasteiger partial charge in [0.15, 0.2) is 14.7 Å². The van der Waals surface area contributed by atoms with Crippen LogP contribution >= 0.6 is 0 Å². The highest BCUT2D eigenvalue weighted by atomic mass is 32.2. The van der Waals surface area contributed by atoms with Crippen molar-refractivity contribution in [3.05, 3.63) is 71.7 Å². The number of allylic oxidation sites excluding steroid dienone is 2. The van der Waals surface area contributed by atoms with Crippen LogP contribution in [0.1, 0.15) is 6.92 Å². The molecule has 0 aliphatic rings. The molecule has 0 bridgehead atoms. The molecule has 25 heavy (non-hydrogen) atoms. The van der Waals surface area contributed by atoms with E-state index in [9.17, 15) is 0 Å². The van der Waals surface area contributed by atoms with Crippen molar-refractivity contribution in [1.29, 1.82) is 0 Å². The average Bonchev–Trinajstić information content (AvgIpc) is 2.66. The van der Waals surface area contributed by atoms with Crippen LogP contribution in [0.25, 0.3) is 0 Å². The highest BCUT2D eigenvalue weighted by molar-refractivity contribution is 8.00. The predicted molar refractivity (Wildman–Crippen MR) is 105 cm³/mol. The second kappa shape index (κ2) is 9.97. The highest BCUT2D eigenvalue weighted by Crippen LogP contribution is 2.34. The standard InChI is InChI=1S/C21H25O3S/c1-5-8-19(13-14-22-2)25(20-11-6-9-17(15-20)23-3)21-12-7-10-18(16-21)24-4/h5-13,15-16H,14H2,1-4H3/q+1/b8-5-,19-13+. The maximum Gasteiger partial charge on any atom is 0.170 e. The average molecular weight is 357 g/mol. The second-order valence-corrected chi connectivity index (χ2v) is 7.25. The molecule has 0 fully saturated rings. The van der Waals surface area contributed by atoms with Crippen LogP contribution in [-0.2, 0) is 15.6 Å². The minimum atomic E-state index is -0.280. The van der Waals surface area contributed by atoms with Crippen molar-refractivity contribution in [2.24, 2.45) is 0 Å². The molecule has 0 unspecified atom stereocenters. The van der Waals surface area contributed by atoms with Gasteiger partial charge in [0.05, 0.1) is 31.7 Å². The Kier molecular flexibility index (Phi) is 7.64. The van der Waals surface area contributed by atoms with Crippen LogP contribution in [0.3, 0.4) is 0 Å². The van der Waals surface area contributed by atoms with Gasteiger partial charge >= 0.3 is 0 Å². The predicted octanol–water partition coefficient (Wildman–Crippen LogP) is 4.85. The van der Waals surface area contributed by atoms with Crippen LogP contribution in [0.4, 0.5) is 0 Å². The van der Waals surface area contributed by atoms with Crippen LogP contribution < -0.4 is 9.47 Å². The minimum absolute atomic E-state index is 0.280. The first-order valence-electron chi connectivity index (χ1n) is 8.07. The summed E-state index contributed by atoms with van der Waals surface area (Å²) < 4.78 is 16.1. The lowest BCUT2D eigenvalue weighted by Gasteiger charge is -2.11. The molecule has 0 saturated carbocycles. The third-order valence-electron chi connectivity index (χ3n) is 3.57. The van der Waals surface area contributed by atoms with Crippen LogP contribution in [0.15, 0.2) is 81.5 Å². The molecule has 0 aliphatic heterocycles. The summed E-state index contributed by atoms with van der Waals surface area (Å²) >= 11 is 0. The lowest BCUT2D eigenvalue weighted by atomic mass is 10.3. The van der Waals surface area contributed by atoms with E-state index < -0.39 is 0 Å². The fourth-order valence-corrected chi connectivity index (χ4v) is 4.63. The van der Waals surface area contributed by atoms with Gasteiger partial charge in [0, 0.05) is 19.2 Å². The molecule has 0 spiro atoms. The Balaban J connectivity index is 2.60. The summed E-state index contributed by atoms with van der Waals surface area (Å²) in [7, 11) is 4.81. The summed E-state index contributed by atoms with van der Waals surface area (Å²) in [5.74, 6) is 1.70. The number of benzene rings is 2. The Bertz CT molecular complexity index is 690. The van der Waals surface area contributed by atoms with Crippen molar-refractivity contribution in [1.82, 2.24) is 0 Å². The van der Waals surface area contributed by atoms with Crippen molar-refractivity contribution < 1.29 is 14.2 Å². The summed E-state index contributed by atoms with van der Waals surface area (Å²) in [4.78, 5) is 3.58. The Morgan fingerprint density at radius 3 is 1.92 bits per heavy atom. The first-order chi connectivity index (χ1) is 12.2. The van der Waals surface area contributed by atoms with E-state index in [0.29, 0.717) is 6.61 Å². The molecule has 2 aromatic carbocycles. The molecule has 0 heterocycles. The molecule has 2 aromatic rings. The van der Waals surface area contributed by atoms with E-state index >= 15 is 0 Å². The number of hydrogen-bond donors (Lipinski definition) is 0. The maximum atomic E-state index is 5.42. The summed E-state index contributed by atoms with van der Waals surface area (Å²) in [6, 6.07) is 16.4. The lowest BCUT2D eigenvalue weighted by molar-refractivity contribution is 0.233. The molecule has 3 nitrogen and oxygen atoms in total. The summed E-state index contributed by atoms with van der Waals surface area (Å²) in [6.07, 6.45) is 6.32. The minimum Gasteiger partial charge on any atom is -0.497 e. The molecule has 0 amide bonds. The van der Waals surface area contributed by atoms with E-state index in [2.05, 4.69) is 42.5 Å². The van der Waals surface area contributed by atoms with Gasteiger partial charge in [-0.05, 0) is 43.3 Å². The zero-order chi connectivity index (χ0) is 18.1. The fourth-order valence-electron chi connectivity index (χ4n) is 2.41. The van der Waals surface area contributed by atoms with Gasteiger partial charge in [0.1, 0.15) is 11.5 Å². The van der Waals surface area contributed by atoms with Gasteiger partial charge in [-0.25, -0.2) is 0 Å². The second-order valence-electron chi connectivity index (χ2n) is 5.23. The molecule has 0 aromatic heterocycles. The van der Waals surface area contributed by atoms with Crippen molar-refractivity contribution in [2.75, 3.05) is 27.9 Å². The summed E-state index contributed by atoms with van der Waals surface area (Å²) in [5.41, 5.74) is 0. The molecule has 0 atom stereocenters. The monoisotopic (exact) mass is 357 g/mol. The van der Waals surface area contributed by atoms with Gasteiger partial charge in [-0.2, -0.15) is 0 Å². The molecular formula is C21H25O3S+. The molecule has 0 N–H and O–H groups in total. The Morgan fingerprint density at radius 1 is 0.920 bits per heavy atom. The Hall–Kier alpha value is -2.17. The summed E-state index contributed by atoms with van der Waals surface area (Å²) in [6.45, 7) is 2.59. The van der Waals surface area contributed by atoms with Crippen molar-refractivity contribution in [3.63, 3.8) is 0 Å². The van der Waals surface area contributed by atoms with E-state index in [1.807, 2.05) is 31.2 Å². The molecular weight excluding hydrogens is 332 g/mol. The van der Waals surface area contributed by atoms with Crippen molar-refractivity contribution >= 4 is 10.9 Å². The van der Waals surface area contributed by atoms with Crippen LogP contribution in [0.2, 0.25) is 0 Å². The SMILES string of the molecule is C/C=C\C(=C/COC)[S+](c1cccc(OC)c1)c1cccc(OC)c1. The molecule has 2 rings (SSSR count). The third-order valence-corrected chi connectivity index (χ3v) is 5.80. The van der Waals surface area contributed by atoms with Gasteiger partial charge in [-0.15, -0.1) is 0 Å². The molecule has 4 heteroatoms. The van der Waals surface area contributed by atoms with E-state index in [0.717, 1.165) is 11.5 Å². The third kappa shape index (κ3) is 5.15. The Labute approximate surface area is 153 Å². The van der Waals surface area contributed by atoms with Gasteiger partial charge < -0.3 is 14.2 Å². The lowest BCUT2D eigenvalue weighted by Crippen LogP contribution is -2.07. The maximum absolute atomic E-state index is 5.42. The van der Waals surface area contributed by atoms with Gasteiger partial charge in [-0.1, -0.05) is 18.2 Å².